The highest BCUT2D eigenvalue weighted by atomic mass is 79.9. The fourth-order valence-electron chi connectivity index (χ4n) is 2.18. The van der Waals surface area contributed by atoms with Crippen LogP contribution in [0, 0.1) is 0 Å². The number of nitrogens with zero attached hydrogens (tertiary/aromatic N) is 1. The topological polar surface area (TPSA) is 49.4 Å². The van der Waals surface area contributed by atoms with Gasteiger partial charge < -0.3 is 5.32 Å². The summed E-state index contributed by atoms with van der Waals surface area (Å²) in [6.07, 6.45) is 3.51. The van der Waals surface area contributed by atoms with Crippen LogP contribution < -0.4 is 5.32 Å². The lowest BCUT2D eigenvalue weighted by Crippen LogP contribution is -2.33. The molecule has 6 heteroatoms. The molecule has 0 amide bonds. The molecule has 1 aromatic rings. The van der Waals surface area contributed by atoms with E-state index in [-0.39, 0.29) is 6.04 Å². The van der Waals surface area contributed by atoms with Crippen LogP contribution in [0.2, 0.25) is 0 Å². The predicted octanol–water partition coefficient (Wildman–Crippen LogP) is 2.90. The lowest BCUT2D eigenvalue weighted by molar-refractivity contribution is 0.435. The molecule has 0 atom stereocenters. The second kappa shape index (κ2) is 7.05. The third kappa shape index (κ3) is 3.94. The van der Waals surface area contributed by atoms with E-state index in [1.54, 1.807) is 22.5 Å². The van der Waals surface area contributed by atoms with Crippen LogP contribution in [0.5, 0.6) is 0 Å². The fourth-order valence-corrected chi connectivity index (χ4v) is 4.82. The number of sulfonamides is 1. The number of rotatable bonds is 8. The van der Waals surface area contributed by atoms with E-state index in [2.05, 4.69) is 27.8 Å². The summed E-state index contributed by atoms with van der Waals surface area (Å²) in [5.74, 6) is 0. The molecule has 0 aromatic heterocycles. The molecule has 21 heavy (non-hydrogen) atoms. The molecule has 0 bridgehead atoms. The third-order valence-corrected chi connectivity index (χ3v) is 6.34. The van der Waals surface area contributed by atoms with Gasteiger partial charge in [0.2, 0.25) is 10.0 Å². The third-order valence-electron chi connectivity index (χ3n) is 3.42. The summed E-state index contributed by atoms with van der Waals surface area (Å²) in [4.78, 5) is 0.339. The molecule has 0 radical (unpaired) electrons. The van der Waals surface area contributed by atoms with Crippen molar-refractivity contribution in [3.05, 3.63) is 40.9 Å². The molecule has 0 spiro atoms. The maximum absolute atomic E-state index is 12.9. The van der Waals surface area contributed by atoms with Crippen LogP contribution in [0.1, 0.15) is 25.3 Å². The molecule has 4 nitrogen and oxygen atoms in total. The Balaban J connectivity index is 2.35. The Bertz CT molecular complexity index is 612. The number of halogens is 1. The predicted molar refractivity (Wildman–Crippen MR) is 88.6 cm³/mol. The van der Waals surface area contributed by atoms with Gasteiger partial charge in [-0.3, -0.25) is 0 Å². The van der Waals surface area contributed by atoms with Crippen LogP contribution >= 0.6 is 15.9 Å². The van der Waals surface area contributed by atoms with Crippen molar-refractivity contribution in [1.82, 2.24) is 9.62 Å². The van der Waals surface area contributed by atoms with E-state index < -0.39 is 10.0 Å². The summed E-state index contributed by atoms with van der Waals surface area (Å²) < 4.78 is 27.9. The minimum atomic E-state index is -3.49. The first-order valence-corrected chi connectivity index (χ1v) is 9.36. The van der Waals surface area contributed by atoms with E-state index in [0.29, 0.717) is 22.5 Å². The monoisotopic (exact) mass is 372 g/mol. The SMILES string of the molecule is C=CCN(C1CC1)S(=O)(=O)c1cc(CNCC)ccc1Br. The van der Waals surface area contributed by atoms with E-state index in [4.69, 9.17) is 0 Å². The largest absolute Gasteiger partial charge is 0.313 e. The van der Waals surface area contributed by atoms with Crippen molar-refractivity contribution < 1.29 is 8.42 Å². The Morgan fingerprint density at radius 3 is 2.76 bits per heavy atom. The summed E-state index contributed by atoms with van der Waals surface area (Å²) >= 11 is 3.37. The standard InChI is InChI=1S/C15H21BrN2O2S/c1-3-9-18(13-6-7-13)21(19,20)15-10-12(11-17-4-2)5-8-14(15)16/h3,5,8,10,13,17H,1,4,6-7,9,11H2,2H3. The van der Waals surface area contributed by atoms with Gasteiger partial charge in [-0.1, -0.05) is 19.1 Å². The lowest BCUT2D eigenvalue weighted by Gasteiger charge is -2.21. The number of hydrogen-bond acceptors (Lipinski definition) is 3. The maximum atomic E-state index is 12.9. The summed E-state index contributed by atoms with van der Waals surface area (Å²) in [6, 6.07) is 5.61. The van der Waals surface area contributed by atoms with Gasteiger partial charge in [0.25, 0.3) is 0 Å². The minimum Gasteiger partial charge on any atom is -0.313 e. The van der Waals surface area contributed by atoms with Crippen molar-refractivity contribution in [1.29, 1.82) is 0 Å². The second-order valence-electron chi connectivity index (χ2n) is 5.14. The smallest absolute Gasteiger partial charge is 0.244 e. The summed E-state index contributed by atoms with van der Waals surface area (Å²) in [7, 11) is -3.49. The van der Waals surface area contributed by atoms with Crippen LogP contribution in [0.3, 0.4) is 0 Å². The maximum Gasteiger partial charge on any atom is 0.244 e. The molecular formula is C15H21BrN2O2S. The van der Waals surface area contributed by atoms with E-state index in [9.17, 15) is 8.42 Å². The Kier molecular flexibility index (Phi) is 5.60. The Morgan fingerprint density at radius 2 is 2.19 bits per heavy atom. The van der Waals surface area contributed by atoms with Crippen LogP contribution in [0.15, 0.2) is 40.2 Å². The Hall–Kier alpha value is -0.690. The quantitative estimate of drug-likeness (QED) is 0.713. The van der Waals surface area contributed by atoms with E-state index in [1.807, 2.05) is 13.0 Å². The number of nitrogens with one attached hydrogen (secondary N) is 1. The molecule has 2 rings (SSSR count). The molecular weight excluding hydrogens is 352 g/mol. The van der Waals surface area contributed by atoms with E-state index in [0.717, 1.165) is 24.9 Å². The number of benzene rings is 1. The van der Waals surface area contributed by atoms with Crippen molar-refractivity contribution in [2.75, 3.05) is 13.1 Å². The first-order chi connectivity index (χ1) is 10.0. The highest BCUT2D eigenvalue weighted by Crippen LogP contribution is 2.34. The van der Waals surface area contributed by atoms with Gasteiger partial charge in [-0.2, -0.15) is 4.31 Å². The number of hydrogen-bond donors (Lipinski definition) is 1. The van der Waals surface area contributed by atoms with Gasteiger partial charge in [-0.15, -0.1) is 6.58 Å². The summed E-state index contributed by atoms with van der Waals surface area (Å²) in [6.45, 7) is 7.57. The van der Waals surface area contributed by atoms with Gasteiger partial charge in [0.15, 0.2) is 0 Å². The van der Waals surface area contributed by atoms with Gasteiger partial charge in [0, 0.05) is 23.6 Å². The minimum absolute atomic E-state index is 0.123. The first-order valence-electron chi connectivity index (χ1n) is 7.12. The van der Waals surface area contributed by atoms with Crippen molar-refractivity contribution in [2.24, 2.45) is 0 Å². The second-order valence-corrected chi connectivity index (χ2v) is 7.85. The average Bonchev–Trinajstić information content (AvgIpc) is 3.28. The Labute approximate surface area is 135 Å². The molecule has 0 saturated heterocycles. The zero-order chi connectivity index (χ0) is 15.5. The van der Waals surface area contributed by atoms with Gasteiger partial charge in [-0.05, 0) is 53.0 Å². The van der Waals surface area contributed by atoms with Gasteiger partial charge in [0.1, 0.15) is 0 Å². The van der Waals surface area contributed by atoms with Gasteiger partial charge in [0.05, 0.1) is 4.90 Å². The first kappa shape index (κ1) is 16.7. The summed E-state index contributed by atoms with van der Waals surface area (Å²) in [5, 5.41) is 3.21. The normalized spacial score (nSPS) is 15.4. The van der Waals surface area contributed by atoms with Crippen LogP contribution in [0.25, 0.3) is 0 Å². The molecule has 0 unspecified atom stereocenters. The lowest BCUT2D eigenvalue weighted by atomic mass is 10.2. The van der Waals surface area contributed by atoms with Crippen molar-refractivity contribution in [3.8, 4) is 0 Å². The van der Waals surface area contributed by atoms with Gasteiger partial charge >= 0.3 is 0 Å². The highest BCUT2D eigenvalue weighted by Gasteiger charge is 2.38. The average molecular weight is 373 g/mol. The molecule has 1 saturated carbocycles. The molecule has 1 N–H and O–H groups in total. The molecule has 116 valence electrons. The molecule has 0 heterocycles. The van der Waals surface area contributed by atoms with Crippen molar-refractivity contribution in [3.63, 3.8) is 0 Å². The van der Waals surface area contributed by atoms with Crippen molar-refractivity contribution in [2.45, 2.75) is 37.2 Å². The molecule has 1 aliphatic rings. The van der Waals surface area contributed by atoms with E-state index in [1.165, 1.54) is 0 Å². The van der Waals surface area contributed by atoms with Crippen LogP contribution in [0.4, 0.5) is 0 Å². The molecule has 1 aliphatic carbocycles. The molecule has 0 aliphatic heterocycles. The van der Waals surface area contributed by atoms with Gasteiger partial charge in [-0.25, -0.2) is 8.42 Å². The van der Waals surface area contributed by atoms with Crippen LogP contribution in [-0.4, -0.2) is 31.9 Å². The van der Waals surface area contributed by atoms with Crippen molar-refractivity contribution >= 4 is 26.0 Å². The highest BCUT2D eigenvalue weighted by molar-refractivity contribution is 9.10. The van der Waals surface area contributed by atoms with Crippen LogP contribution in [-0.2, 0) is 16.6 Å². The molecule has 1 fully saturated rings. The van der Waals surface area contributed by atoms with E-state index >= 15 is 0 Å². The zero-order valence-corrected chi connectivity index (χ0v) is 14.6. The summed E-state index contributed by atoms with van der Waals surface area (Å²) in [5.41, 5.74) is 0.966. The fraction of sp³-hybridized carbons (Fsp3) is 0.467. The zero-order valence-electron chi connectivity index (χ0n) is 12.2. The molecule has 1 aromatic carbocycles. The Morgan fingerprint density at radius 1 is 1.48 bits per heavy atom.